The van der Waals surface area contributed by atoms with Crippen LogP contribution in [-0.4, -0.2) is 25.9 Å². The number of aromatic nitrogens is 1. The van der Waals surface area contributed by atoms with Crippen molar-refractivity contribution in [1.29, 1.82) is 0 Å². The highest BCUT2D eigenvalue weighted by Crippen LogP contribution is 2.22. The summed E-state index contributed by atoms with van der Waals surface area (Å²) in [6, 6.07) is 14.7. The molecule has 1 amide bonds. The molecule has 0 aliphatic rings. The highest BCUT2D eigenvalue weighted by Gasteiger charge is 2.22. The highest BCUT2D eigenvalue weighted by molar-refractivity contribution is 7.92. The van der Waals surface area contributed by atoms with Gasteiger partial charge in [0.2, 0.25) is 0 Å². The van der Waals surface area contributed by atoms with E-state index in [1.165, 1.54) is 34.8 Å². The molecule has 0 unspecified atom stereocenters. The summed E-state index contributed by atoms with van der Waals surface area (Å²) < 4.78 is 28.6. The van der Waals surface area contributed by atoms with Gasteiger partial charge in [0.1, 0.15) is 0 Å². The Hall–Kier alpha value is -2.71. The van der Waals surface area contributed by atoms with Crippen molar-refractivity contribution in [1.82, 2.24) is 4.57 Å². The Labute approximate surface area is 155 Å². The first-order chi connectivity index (χ1) is 12.4. The van der Waals surface area contributed by atoms with Gasteiger partial charge in [-0.2, -0.15) is 4.99 Å². The van der Waals surface area contributed by atoms with Crippen LogP contribution in [0.1, 0.15) is 10.4 Å². The molecule has 0 saturated carbocycles. The molecule has 1 heterocycles. The maximum absolute atomic E-state index is 12.9. The molecule has 1 aromatic heterocycles. The minimum atomic E-state index is -3.78. The van der Waals surface area contributed by atoms with Crippen LogP contribution in [0.4, 0.5) is 5.69 Å². The molecule has 26 heavy (non-hydrogen) atoms. The molecule has 3 aromatic rings. The van der Waals surface area contributed by atoms with Gasteiger partial charge in [-0.3, -0.25) is 9.10 Å². The van der Waals surface area contributed by atoms with Crippen LogP contribution in [0.25, 0.3) is 0 Å². The quantitative estimate of drug-likeness (QED) is 0.691. The lowest BCUT2D eigenvalue weighted by Gasteiger charge is -2.19. The van der Waals surface area contributed by atoms with Gasteiger partial charge in [0.05, 0.1) is 10.6 Å². The molecule has 2 aromatic carbocycles. The molecule has 0 aliphatic heterocycles. The van der Waals surface area contributed by atoms with E-state index in [1.807, 2.05) is 11.4 Å². The fourth-order valence-electron chi connectivity index (χ4n) is 2.31. The minimum absolute atomic E-state index is 0.0421. The molecule has 0 fully saturated rings. The molecule has 0 N–H and O–H groups in total. The van der Waals surface area contributed by atoms with Crippen LogP contribution >= 0.6 is 11.3 Å². The van der Waals surface area contributed by atoms with Crippen molar-refractivity contribution in [3.05, 3.63) is 76.5 Å². The van der Waals surface area contributed by atoms with Gasteiger partial charge < -0.3 is 4.57 Å². The monoisotopic (exact) mass is 387 g/mol. The summed E-state index contributed by atoms with van der Waals surface area (Å²) in [6.45, 7) is 0. The average molecular weight is 387 g/mol. The van der Waals surface area contributed by atoms with Crippen LogP contribution in [0.3, 0.4) is 0 Å². The zero-order chi connectivity index (χ0) is 18.7. The number of carbonyl (C=O) groups excluding carboxylic acids is 1. The number of hydrogen-bond donors (Lipinski definition) is 0. The van der Waals surface area contributed by atoms with Crippen LogP contribution in [0, 0.1) is 0 Å². The van der Waals surface area contributed by atoms with Crippen LogP contribution in [-0.2, 0) is 17.1 Å². The summed E-state index contributed by atoms with van der Waals surface area (Å²) in [4.78, 5) is 17.0. The molecule has 3 rings (SSSR count). The van der Waals surface area contributed by atoms with Crippen molar-refractivity contribution in [2.45, 2.75) is 4.90 Å². The molecule has 134 valence electrons. The highest BCUT2D eigenvalue weighted by atomic mass is 32.2. The van der Waals surface area contributed by atoms with Crippen LogP contribution in [0.5, 0.6) is 0 Å². The number of thiazole rings is 1. The Balaban J connectivity index is 1.97. The summed E-state index contributed by atoms with van der Waals surface area (Å²) in [5.74, 6) is -0.484. The zero-order valence-electron chi connectivity index (χ0n) is 14.2. The Kier molecular flexibility index (Phi) is 5.06. The average Bonchev–Trinajstić information content (AvgIpc) is 3.06. The summed E-state index contributed by atoms with van der Waals surface area (Å²) in [5.41, 5.74) is 0.764. The van der Waals surface area contributed by atoms with Gasteiger partial charge in [-0.05, 0) is 30.3 Å². The van der Waals surface area contributed by atoms with Crippen molar-refractivity contribution < 1.29 is 13.2 Å². The molecule has 0 spiro atoms. The smallest absolute Gasteiger partial charge is 0.279 e. The standard InChI is InChI=1S/C18H17N3O3S2/c1-20-11-12-25-18(20)19-17(22)14-7-6-10-16(13-14)26(23,24)21(2)15-8-4-3-5-9-15/h3-13H,1-2H3. The van der Waals surface area contributed by atoms with Gasteiger partial charge in [0.25, 0.3) is 15.9 Å². The summed E-state index contributed by atoms with van der Waals surface area (Å²) in [7, 11) is -0.510. The minimum Gasteiger partial charge on any atom is -0.327 e. The molecule has 6 nitrogen and oxygen atoms in total. The van der Waals surface area contributed by atoms with Crippen LogP contribution < -0.4 is 9.11 Å². The Morgan fingerprint density at radius 3 is 2.50 bits per heavy atom. The number of carbonyl (C=O) groups is 1. The lowest BCUT2D eigenvalue weighted by atomic mass is 10.2. The van der Waals surface area contributed by atoms with E-state index in [9.17, 15) is 13.2 Å². The normalized spacial score (nSPS) is 12.2. The number of sulfonamides is 1. The lowest BCUT2D eigenvalue weighted by molar-refractivity contribution is 0.0997. The SMILES string of the molecule is CN(c1ccccc1)S(=O)(=O)c1cccc(C(=O)N=c2sccn2C)c1. The molecular formula is C18H17N3O3S2. The second-order valence-corrected chi connectivity index (χ2v) is 8.39. The first-order valence-corrected chi connectivity index (χ1v) is 10.0. The summed E-state index contributed by atoms with van der Waals surface area (Å²) in [6.07, 6.45) is 1.80. The number of nitrogens with zero attached hydrogens (tertiary/aromatic N) is 3. The van der Waals surface area contributed by atoms with Gasteiger partial charge >= 0.3 is 0 Å². The second-order valence-electron chi connectivity index (χ2n) is 5.55. The van der Waals surface area contributed by atoms with Gasteiger partial charge in [-0.1, -0.05) is 24.3 Å². The van der Waals surface area contributed by atoms with E-state index in [4.69, 9.17) is 0 Å². The van der Waals surface area contributed by atoms with E-state index >= 15 is 0 Å². The molecule has 0 aliphatic carbocycles. The van der Waals surface area contributed by atoms with E-state index in [0.29, 0.717) is 10.5 Å². The van der Waals surface area contributed by atoms with Crippen LogP contribution in [0.15, 0.2) is 76.1 Å². The molecule has 0 radical (unpaired) electrons. The Bertz CT molecular complexity index is 1100. The largest absolute Gasteiger partial charge is 0.327 e. The number of rotatable bonds is 4. The molecule has 0 atom stereocenters. The summed E-state index contributed by atoms with van der Waals surface area (Å²) in [5, 5.41) is 1.82. The van der Waals surface area contributed by atoms with Crippen LogP contribution in [0.2, 0.25) is 0 Å². The summed E-state index contributed by atoms with van der Waals surface area (Å²) >= 11 is 1.33. The van der Waals surface area contributed by atoms with E-state index < -0.39 is 15.9 Å². The maximum Gasteiger partial charge on any atom is 0.279 e. The maximum atomic E-state index is 12.9. The van der Waals surface area contributed by atoms with Crippen molar-refractivity contribution in [3.8, 4) is 0 Å². The van der Waals surface area contributed by atoms with Gasteiger partial charge in [-0.25, -0.2) is 8.42 Å². The van der Waals surface area contributed by atoms with Crippen molar-refractivity contribution in [2.24, 2.45) is 12.0 Å². The van der Waals surface area contributed by atoms with Crippen molar-refractivity contribution in [2.75, 3.05) is 11.4 Å². The lowest BCUT2D eigenvalue weighted by Crippen LogP contribution is -2.26. The van der Waals surface area contributed by atoms with Gasteiger partial charge in [0, 0.05) is 31.2 Å². The van der Waals surface area contributed by atoms with Gasteiger partial charge in [-0.15, -0.1) is 11.3 Å². The first-order valence-electron chi connectivity index (χ1n) is 7.73. The van der Waals surface area contributed by atoms with Crippen molar-refractivity contribution in [3.63, 3.8) is 0 Å². The molecule has 8 heteroatoms. The van der Waals surface area contributed by atoms with Crippen molar-refractivity contribution >= 4 is 33.0 Å². The fraction of sp³-hybridized carbons (Fsp3) is 0.111. The number of para-hydroxylation sites is 1. The predicted molar refractivity (Wildman–Crippen MR) is 102 cm³/mol. The number of benzene rings is 2. The first kappa shape index (κ1) is 18.1. The fourth-order valence-corrected chi connectivity index (χ4v) is 4.28. The Morgan fingerprint density at radius 2 is 1.85 bits per heavy atom. The van der Waals surface area contributed by atoms with E-state index in [-0.39, 0.29) is 10.5 Å². The number of hydrogen-bond acceptors (Lipinski definition) is 4. The third kappa shape index (κ3) is 3.61. The predicted octanol–water partition coefficient (Wildman–Crippen LogP) is 2.65. The van der Waals surface area contributed by atoms with E-state index in [1.54, 1.807) is 54.2 Å². The molecule has 0 bridgehead atoms. The number of anilines is 1. The third-order valence-electron chi connectivity index (χ3n) is 3.82. The molecule has 0 saturated heterocycles. The topological polar surface area (TPSA) is 71.7 Å². The number of aryl methyl sites for hydroxylation is 1. The Morgan fingerprint density at radius 1 is 1.12 bits per heavy atom. The van der Waals surface area contributed by atoms with E-state index in [0.717, 1.165) is 0 Å². The number of amides is 1. The zero-order valence-corrected chi connectivity index (χ0v) is 15.9. The second kappa shape index (κ2) is 7.27. The van der Waals surface area contributed by atoms with Gasteiger partial charge in [0.15, 0.2) is 4.80 Å². The van der Waals surface area contributed by atoms with E-state index in [2.05, 4.69) is 4.99 Å². The molecular weight excluding hydrogens is 370 g/mol. The third-order valence-corrected chi connectivity index (χ3v) is 6.45.